The largest absolute Gasteiger partial charge is 0.393 e. The summed E-state index contributed by atoms with van der Waals surface area (Å²) in [5.74, 6) is 0.597. The molecule has 0 heterocycles. The fourth-order valence-electron chi connectivity index (χ4n) is 3.10. The van der Waals surface area contributed by atoms with E-state index < -0.39 is 0 Å². The highest BCUT2D eigenvalue weighted by Gasteiger charge is 2.50. The summed E-state index contributed by atoms with van der Waals surface area (Å²) in [6.45, 7) is 3.88. The smallest absolute Gasteiger partial charge is 0.0551 e. The molecule has 4 atom stereocenters. The quantitative estimate of drug-likeness (QED) is 0.573. The van der Waals surface area contributed by atoms with Crippen LogP contribution in [0, 0.1) is 11.3 Å². The SMILES string of the molecule is C=C[C@]12C[C@@H](N)C[C@H]1C[C@@H](O)C2. The van der Waals surface area contributed by atoms with Crippen LogP contribution in [0.1, 0.15) is 25.7 Å². The first-order valence-electron chi connectivity index (χ1n) is 4.73. The first-order chi connectivity index (χ1) is 5.66. The Morgan fingerprint density at radius 2 is 2.17 bits per heavy atom. The molecule has 2 fully saturated rings. The van der Waals surface area contributed by atoms with Gasteiger partial charge in [0.1, 0.15) is 0 Å². The van der Waals surface area contributed by atoms with Gasteiger partial charge in [0, 0.05) is 6.04 Å². The van der Waals surface area contributed by atoms with Crippen molar-refractivity contribution in [3.05, 3.63) is 12.7 Å². The second-order valence-electron chi connectivity index (χ2n) is 4.43. The summed E-state index contributed by atoms with van der Waals surface area (Å²) in [4.78, 5) is 0. The molecular weight excluding hydrogens is 150 g/mol. The van der Waals surface area contributed by atoms with Gasteiger partial charge >= 0.3 is 0 Å². The van der Waals surface area contributed by atoms with E-state index in [-0.39, 0.29) is 11.5 Å². The van der Waals surface area contributed by atoms with E-state index in [1.54, 1.807) is 0 Å². The number of hydrogen-bond acceptors (Lipinski definition) is 2. The summed E-state index contributed by atoms with van der Waals surface area (Å²) in [6, 6.07) is 0.334. The molecule has 0 amide bonds. The molecule has 0 aromatic carbocycles. The van der Waals surface area contributed by atoms with Gasteiger partial charge in [0.15, 0.2) is 0 Å². The van der Waals surface area contributed by atoms with E-state index in [0.717, 1.165) is 25.7 Å². The van der Waals surface area contributed by atoms with Gasteiger partial charge in [0.2, 0.25) is 0 Å². The molecule has 2 rings (SSSR count). The summed E-state index contributed by atoms with van der Waals surface area (Å²) in [7, 11) is 0. The van der Waals surface area contributed by atoms with Crippen molar-refractivity contribution in [3.8, 4) is 0 Å². The summed E-state index contributed by atoms with van der Waals surface area (Å²) in [5, 5.41) is 9.53. The van der Waals surface area contributed by atoms with Crippen LogP contribution in [-0.4, -0.2) is 17.3 Å². The fraction of sp³-hybridized carbons (Fsp3) is 0.800. The Balaban J connectivity index is 2.21. The number of aliphatic hydroxyl groups excluding tert-OH is 1. The molecule has 0 spiro atoms. The predicted octanol–water partition coefficient (Wildman–Crippen LogP) is 1.05. The summed E-state index contributed by atoms with van der Waals surface area (Å²) in [5.41, 5.74) is 6.08. The maximum atomic E-state index is 9.53. The fourth-order valence-corrected chi connectivity index (χ4v) is 3.10. The van der Waals surface area contributed by atoms with Crippen molar-refractivity contribution in [2.45, 2.75) is 37.8 Å². The lowest BCUT2D eigenvalue weighted by atomic mass is 9.80. The van der Waals surface area contributed by atoms with Crippen LogP contribution in [0.15, 0.2) is 12.7 Å². The molecule has 68 valence electrons. The van der Waals surface area contributed by atoms with Crippen molar-refractivity contribution >= 4 is 0 Å². The highest BCUT2D eigenvalue weighted by atomic mass is 16.3. The van der Waals surface area contributed by atoms with Crippen LogP contribution in [0.25, 0.3) is 0 Å². The lowest BCUT2D eigenvalue weighted by Crippen LogP contribution is -2.21. The minimum absolute atomic E-state index is 0.111. The predicted molar refractivity (Wildman–Crippen MR) is 48.6 cm³/mol. The molecule has 2 saturated carbocycles. The number of allylic oxidation sites excluding steroid dienone is 1. The lowest BCUT2D eigenvalue weighted by molar-refractivity contribution is 0.165. The molecule has 3 N–H and O–H groups in total. The molecule has 2 nitrogen and oxygen atoms in total. The minimum Gasteiger partial charge on any atom is -0.393 e. The third-order valence-electron chi connectivity index (χ3n) is 3.62. The Morgan fingerprint density at radius 1 is 1.42 bits per heavy atom. The van der Waals surface area contributed by atoms with Gasteiger partial charge in [-0.3, -0.25) is 0 Å². The van der Waals surface area contributed by atoms with Gasteiger partial charge in [-0.2, -0.15) is 0 Å². The maximum Gasteiger partial charge on any atom is 0.0551 e. The first-order valence-corrected chi connectivity index (χ1v) is 4.73. The maximum absolute atomic E-state index is 9.53. The monoisotopic (exact) mass is 167 g/mol. The van der Waals surface area contributed by atoms with Crippen molar-refractivity contribution in [2.75, 3.05) is 0 Å². The molecule has 0 saturated heterocycles. The van der Waals surface area contributed by atoms with Crippen LogP contribution in [0.4, 0.5) is 0 Å². The zero-order valence-corrected chi connectivity index (χ0v) is 7.37. The van der Waals surface area contributed by atoms with E-state index in [0.29, 0.717) is 12.0 Å². The summed E-state index contributed by atoms with van der Waals surface area (Å²) < 4.78 is 0. The van der Waals surface area contributed by atoms with Crippen LogP contribution in [0.5, 0.6) is 0 Å². The normalized spacial score (nSPS) is 52.3. The van der Waals surface area contributed by atoms with Gasteiger partial charge in [-0.05, 0) is 37.0 Å². The number of rotatable bonds is 1. The standard InChI is InChI=1S/C10H17NO/c1-2-10-5-8(11)3-7(10)4-9(12)6-10/h2,7-9,12H,1,3-6,11H2/t7-,8-,9+,10+/m0/s1. The zero-order valence-electron chi connectivity index (χ0n) is 7.37. The number of hydrogen-bond donors (Lipinski definition) is 2. The van der Waals surface area contributed by atoms with Crippen LogP contribution >= 0.6 is 0 Å². The van der Waals surface area contributed by atoms with Crippen molar-refractivity contribution < 1.29 is 5.11 Å². The molecule has 0 aromatic rings. The molecule has 0 radical (unpaired) electrons. The van der Waals surface area contributed by atoms with Crippen LogP contribution in [0.2, 0.25) is 0 Å². The van der Waals surface area contributed by atoms with E-state index in [2.05, 4.69) is 6.58 Å². The first kappa shape index (κ1) is 8.27. The Bertz CT molecular complexity index is 188. The second kappa shape index (κ2) is 2.57. The minimum atomic E-state index is -0.111. The third kappa shape index (κ3) is 1.02. The van der Waals surface area contributed by atoms with E-state index in [1.165, 1.54) is 0 Å². The molecule has 2 aliphatic carbocycles. The van der Waals surface area contributed by atoms with Crippen LogP contribution in [-0.2, 0) is 0 Å². The van der Waals surface area contributed by atoms with Crippen molar-refractivity contribution in [2.24, 2.45) is 17.1 Å². The summed E-state index contributed by atoms with van der Waals surface area (Å²) in [6.07, 6.45) is 5.83. The van der Waals surface area contributed by atoms with Crippen molar-refractivity contribution in [1.29, 1.82) is 0 Å². The Kier molecular flexibility index (Phi) is 1.77. The molecule has 0 unspecified atom stereocenters. The van der Waals surface area contributed by atoms with E-state index in [9.17, 15) is 5.11 Å². The summed E-state index contributed by atoms with van der Waals surface area (Å²) >= 11 is 0. The molecule has 0 aliphatic heterocycles. The topological polar surface area (TPSA) is 46.2 Å². The molecule has 2 heteroatoms. The van der Waals surface area contributed by atoms with Crippen LogP contribution in [0.3, 0.4) is 0 Å². The molecular formula is C10H17NO. The number of fused-ring (bicyclic) bond motifs is 1. The van der Waals surface area contributed by atoms with E-state index >= 15 is 0 Å². The van der Waals surface area contributed by atoms with Gasteiger partial charge in [-0.15, -0.1) is 6.58 Å². The van der Waals surface area contributed by atoms with Gasteiger partial charge in [-0.1, -0.05) is 6.08 Å². The van der Waals surface area contributed by atoms with Gasteiger partial charge < -0.3 is 10.8 Å². The Hall–Kier alpha value is -0.340. The van der Waals surface area contributed by atoms with Crippen molar-refractivity contribution in [1.82, 2.24) is 0 Å². The van der Waals surface area contributed by atoms with E-state index in [1.807, 2.05) is 6.08 Å². The number of aliphatic hydroxyl groups is 1. The Morgan fingerprint density at radius 3 is 2.75 bits per heavy atom. The highest BCUT2D eigenvalue weighted by Crippen LogP contribution is 2.54. The van der Waals surface area contributed by atoms with Gasteiger partial charge in [-0.25, -0.2) is 0 Å². The molecule has 12 heavy (non-hydrogen) atoms. The third-order valence-corrected chi connectivity index (χ3v) is 3.62. The van der Waals surface area contributed by atoms with Crippen LogP contribution < -0.4 is 5.73 Å². The second-order valence-corrected chi connectivity index (χ2v) is 4.43. The number of nitrogens with two attached hydrogens (primary N) is 1. The average Bonchev–Trinajstić information content (AvgIpc) is 2.40. The highest BCUT2D eigenvalue weighted by molar-refractivity contribution is 5.11. The lowest BCUT2D eigenvalue weighted by Gasteiger charge is -2.24. The van der Waals surface area contributed by atoms with Crippen molar-refractivity contribution in [3.63, 3.8) is 0 Å². The zero-order chi connectivity index (χ0) is 8.77. The molecule has 0 bridgehead atoms. The molecule has 2 aliphatic rings. The van der Waals surface area contributed by atoms with Gasteiger partial charge in [0.05, 0.1) is 6.10 Å². The Labute approximate surface area is 73.5 Å². The molecule has 0 aromatic heterocycles. The average molecular weight is 167 g/mol. The van der Waals surface area contributed by atoms with Gasteiger partial charge in [0.25, 0.3) is 0 Å². The van der Waals surface area contributed by atoms with E-state index in [4.69, 9.17) is 5.73 Å².